The molecular formula is C46H96N2O6P+. The van der Waals surface area contributed by atoms with E-state index in [1.807, 2.05) is 21.1 Å². The molecule has 2 N–H and O–H groups in total. The van der Waals surface area contributed by atoms with Crippen LogP contribution >= 0.6 is 7.82 Å². The van der Waals surface area contributed by atoms with Crippen LogP contribution in [0.3, 0.4) is 0 Å². The van der Waals surface area contributed by atoms with Crippen molar-refractivity contribution in [2.45, 2.75) is 232 Å². The summed E-state index contributed by atoms with van der Waals surface area (Å²) >= 11 is 0. The standard InChI is InChI=1S/C46H95N2O6P/c1-6-7-8-9-10-11-12-13-14-15-16-19-22-25-28-31-34-37-41-52-44-46(54-55(50,51)53-42-40-48(3,4)5)43-47-39-36-33-30-27-24-21-18-17-20-23-26-29-32-35-38-45(2)49/h46-47H,6-44H2,1-5H3/p+1. The van der Waals surface area contributed by atoms with Crippen molar-refractivity contribution >= 4 is 13.6 Å². The molecule has 0 aromatic rings. The zero-order valence-electron chi connectivity index (χ0n) is 37.5. The molecular weight excluding hydrogens is 707 g/mol. The Morgan fingerprint density at radius 3 is 1.36 bits per heavy atom. The van der Waals surface area contributed by atoms with Crippen LogP contribution in [0.2, 0.25) is 0 Å². The number of carbonyl (C=O) groups is 1. The third-order valence-corrected chi connectivity index (χ3v) is 11.8. The zero-order chi connectivity index (χ0) is 40.6. The molecule has 0 fully saturated rings. The molecule has 330 valence electrons. The van der Waals surface area contributed by atoms with Gasteiger partial charge in [0.2, 0.25) is 0 Å². The molecule has 0 amide bonds. The van der Waals surface area contributed by atoms with E-state index in [4.69, 9.17) is 13.8 Å². The van der Waals surface area contributed by atoms with Gasteiger partial charge in [-0.3, -0.25) is 9.05 Å². The Labute approximate surface area is 343 Å². The Bertz CT molecular complexity index is 855. The van der Waals surface area contributed by atoms with Crippen LogP contribution < -0.4 is 5.32 Å². The van der Waals surface area contributed by atoms with E-state index < -0.39 is 13.9 Å². The smallest absolute Gasteiger partial charge is 0.379 e. The first-order valence-corrected chi connectivity index (χ1v) is 25.3. The number of unbranched alkanes of at least 4 members (excludes halogenated alkanes) is 30. The summed E-state index contributed by atoms with van der Waals surface area (Å²) < 4.78 is 30.3. The minimum atomic E-state index is -4.17. The monoisotopic (exact) mass is 804 g/mol. The highest BCUT2D eigenvalue weighted by Crippen LogP contribution is 2.44. The lowest BCUT2D eigenvalue weighted by Crippen LogP contribution is -2.37. The number of carbonyl (C=O) groups excluding carboxylic acids is 1. The summed E-state index contributed by atoms with van der Waals surface area (Å²) in [4.78, 5) is 21.4. The number of ketones is 1. The number of likely N-dealkylation sites (N-methyl/N-ethyl adjacent to an activating group) is 1. The van der Waals surface area contributed by atoms with Gasteiger partial charge in [0.05, 0.1) is 27.7 Å². The van der Waals surface area contributed by atoms with E-state index in [0.717, 1.165) is 32.2 Å². The normalized spacial score (nSPS) is 13.7. The van der Waals surface area contributed by atoms with Crippen LogP contribution in [0.1, 0.15) is 226 Å². The molecule has 0 aromatic carbocycles. The number of phosphoric ester groups is 1. The summed E-state index contributed by atoms with van der Waals surface area (Å²) in [5, 5.41) is 3.44. The van der Waals surface area contributed by atoms with E-state index in [1.54, 1.807) is 6.92 Å². The molecule has 0 saturated carbocycles. The van der Waals surface area contributed by atoms with Crippen molar-refractivity contribution in [3.05, 3.63) is 0 Å². The number of phosphoric acid groups is 1. The highest BCUT2D eigenvalue weighted by atomic mass is 31.2. The SMILES string of the molecule is CCCCCCCCCCCCCCCCCCCCOCC(CNCCCCCCCCCCCCCCCCC(C)=O)OP(=O)(O)OCC[N+](C)(C)C. The number of rotatable bonds is 46. The largest absolute Gasteiger partial charge is 0.472 e. The van der Waals surface area contributed by atoms with Crippen LogP contribution in [0.4, 0.5) is 0 Å². The number of hydrogen-bond donors (Lipinski definition) is 2. The van der Waals surface area contributed by atoms with Crippen molar-refractivity contribution in [1.82, 2.24) is 5.32 Å². The first-order chi connectivity index (χ1) is 26.6. The van der Waals surface area contributed by atoms with Gasteiger partial charge in [0.1, 0.15) is 25.0 Å². The van der Waals surface area contributed by atoms with Gasteiger partial charge in [-0.15, -0.1) is 0 Å². The van der Waals surface area contributed by atoms with Crippen LogP contribution in [-0.4, -0.2) is 81.9 Å². The molecule has 0 spiro atoms. The van der Waals surface area contributed by atoms with Gasteiger partial charge in [-0.1, -0.05) is 193 Å². The van der Waals surface area contributed by atoms with Crippen LogP contribution in [-0.2, 0) is 23.1 Å². The first-order valence-electron chi connectivity index (χ1n) is 23.8. The summed E-state index contributed by atoms with van der Waals surface area (Å²) in [7, 11) is 1.91. The highest BCUT2D eigenvalue weighted by Gasteiger charge is 2.27. The molecule has 0 aliphatic heterocycles. The number of quaternary nitrogens is 1. The summed E-state index contributed by atoms with van der Waals surface area (Å²) in [5.74, 6) is 0.322. The Kier molecular flexibility index (Phi) is 40.2. The second-order valence-electron chi connectivity index (χ2n) is 17.7. The Morgan fingerprint density at radius 1 is 0.582 bits per heavy atom. The van der Waals surface area contributed by atoms with E-state index in [2.05, 4.69) is 12.2 Å². The summed E-state index contributed by atoms with van der Waals surface area (Å²) in [6.07, 6.45) is 42.4. The van der Waals surface area contributed by atoms with Crippen LogP contribution in [0, 0.1) is 0 Å². The minimum Gasteiger partial charge on any atom is -0.379 e. The van der Waals surface area contributed by atoms with Gasteiger partial charge < -0.3 is 24.2 Å². The summed E-state index contributed by atoms with van der Waals surface area (Å²) in [6.45, 7) is 7.05. The number of nitrogens with one attached hydrogen (secondary N) is 1. The van der Waals surface area contributed by atoms with Gasteiger partial charge in [-0.2, -0.15) is 0 Å². The van der Waals surface area contributed by atoms with E-state index in [9.17, 15) is 14.3 Å². The lowest BCUT2D eigenvalue weighted by atomic mass is 10.0. The first kappa shape index (κ1) is 54.7. The molecule has 2 unspecified atom stereocenters. The molecule has 0 rings (SSSR count). The predicted octanol–water partition coefficient (Wildman–Crippen LogP) is 13.3. The van der Waals surface area contributed by atoms with Crippen molar-refractivity contribution in [2.24, 2.45) is 0 Å². The number of nitrogens with zero attached hydrogens (tertiary/aromatic N) is 1. The van der Waals surface area contributed by atoms with Crippen LogP contribution in [0.15, 0.2) is 0 Å². The zero-order valence-corrected chi connectivity index (χ0v) is 38.4. The molecule has 0 heterocycles. The van der Waals surface area contributed by atoms with E-state index >= 15 is 0 Å². The Hall–Kier alpha value is -0.340. The molecule has 0 radical (unpaired) electrons. The van der Waals surface area contributed by atoms with Crippen LogP contribution in [0.5, 0.6) is 0 Å². The average Bonchev–Trinajstić information content (AvgIpc) is 3.12. The van der Waals surface area contributed by atoms with Crippen molar-refractivity contribution in [3.8, 4) is 0 Å². The molecule has 0 saturated heterocycles. The number of ether oxygens (including phenoxy) is 1. The maximum Gasteiger partial charge on any atom is 0.472 e. The molecule has 9 heteroatoms. The second kappa shape index (κ2) is 40.4. The molecule has 0 aromatic heterocycles. The Balaban J connectivity index is 3.97. The fourth-order valence-electron chi connectivity index (χ4n) is 7.10. The lowest BCUT2D eigenvalue weighted by molar-refractivity contribution is -0.870. The van der Waals surface area contributed by atoms with Crippen molar-refractivity contribution < 1.29 is 32.5 Å². The maximum absolute atomic E-state index is 12.7. The summed E-state index contributed by atoms with van der Waals surface area (Å²) in [5.41, 5.74) is 0. The van der Waals surface area contributed by atoms with Gasteiger partial charge in [0.15, 0.2) is 0 Å². The minimum absolute atomic E-state index is 0.168. The number of hydrogen-bond acceptors (Lipinski definition) is 6. The van der Waals surface area contributed by atoms with E-state index in [0.29, 0.717) is 30.0 Å². The van der Waals surface area contributed by atoms with Crippen molar-refractivity contribution in [2.75, 3.05) is 60.6 Å². The highest BCUT2D eigenvalue weighted by molar-refractivity contribution is 7.47. The topological polar surface area (TPSA) is 94.1 Å². The lowest BCUT2D eigenvalue weighted by Gasteiger charge is -2.25. The number of Topliss-reactive ketones (excluding diaryl/α,β-unsaturated/α-hetero) is 1. The van der Waals surface area contributed by atoms with Crippen molar-refractivity contribution in [3.63, 3.8) is 0 Å². The Morgan fingerprint density at radius 2 is 0.964 bits per heavy atom. The quantitative estimate of drug-likeness (QED) is 0.0359. The van der Waals surface area contributed by atoms with E-state index in [1.165, 1.54) is 186 Å². The fraction of sp³-hybridized carbons (Fsp3) is 0.978. The third kappa shape index (κ3) is 46.2. The van der Waals surface area contributed by atoms with Crippen molar-refractivity contribution in [1.29, 1.82) is 0 Å². The fourth-order valence-corrected chi connectivity index (χ4v) is 7.99. The van der Waals surface area contributed by atoms with Gasteiger partial charge in [0.25, 0.3) is 0 Å². The molecule has 0 aliphatic rings. The second-order valence-corrected chi connectivity index (χ2v) is 19.1. The maximum atomic E-state index is 12.7. The molecule has 8 nitrogen and oxygen atoms in total. The van der Waals surface area contributed by atoms with Crippen LogP contribution in [0.25, 0.3) is 0 Å². The molecule has 2 atom stereocenters. The third-order valence-electron chi connectivity index (χ3n) is 10.7. The van der Waals surface area contributed by atoms with Gasteiger partial charge >= 0.3 is 7.82 Å². The van der Waals surface area contributed by atoms with Gasteiger partial charge in [0, 0.05) is 19.6 Å². The molecule has 0 bridgehead atoms. The summed E-state index contributed by atoms with van der Waals surface area (Å²) in [6, 6.07) is 0. The van der Waals surface area contributed by atoms with Gasteiger partial charge in [-0.25, -0.2) is 4.57 Å². The molecule has 55 heavy (non-hydrogen) atoms. The predicted molar refractivity (Wildman–Crippen MR) is 236 cm³/mol. The average molecular weight is 804 g/mol. The molecule has 0 aliphatic carbocycles. The van der Waals surface area contributed by atoms with E-state index in [-0.39, 0.29) is 13.2 Å². The van der Waals surface area contributed by atoms with Gasteiger partial charge in [-0.05, 0) is 32.7 Å².